The van der Waals surface area contributed by atoms with Crippen molar-refractivity contribution < 1.29 is 14.3 Å². The molecule has 0 bridgehead atoms. The number of aliphatic hydroxyl groups is 1. The average molecular weight is 383 g/mol. The van der Waals surface area contributed by atoms with Gasteiger partial charge in [-0.15, -0.1) is 0 Å². The van der Waals surface area contributed by atoms with E-state index in [2.05, 4.69) is 32.4 Å². The second-order valence-corrected chi connectivity index (χ2v) is 7.12. The molecule has 0 spiro atoms. The van der Waals surface area contributed by atoms with Crippen LogP contribution in [0.1, 0.15) is 27.3 Å². The third-order valence-electron chi connectivity index (χ3n) is 4.96. The molecule has 0 radical (unpaired) electrons. The first-order valence-electron chi connectivity index (χ1n) is 9.28. The first kappa shape index (κ1) is 18.5. The number of aliphatic hydroxyl groups excluding tert-OH is 1. The highest BCUT2D eigenvalue weighted by Crippen LogP contribution is 2.18. The van der Waals surface area contributed by atoms with Crippen LogP contribution in [0.4, 0.5) is 4.39 Å². The minimum Gasteiger partial charge on any atom is -0.390 e. The van der Waals surface area contributed by atoms with E-state index < -0.39 is 17.8 Å². The zero-order valence-corrected chi connectivity index (χ0v) is 15.6. The summed E-state index contributed by atoms with van der Waals surface area (Å²) in [6, 6.07) is 9.95. The molecule has 2 aromatic heterocycles. The molecule has 1 atom stereocenters. The second-order valence-electron chi connectivity index (χ2n) is 7.12. The van der Waals surface area contributed by atoms with Gasteiger partial charge in [0.25, 0.3) is 5.91 Å². The number of nitrogens with zero attached hydrogens (tertiary/aromatic N) is 4. The van der Waals surface area contributed by atoms with Crippen molar-refractivity contribution in [3.05, 3.63) is 64.9 Å². The zero-order chi connectivity index (χ0) is 19.7. The van der Waals surface area contributed by atoms with E-state index in [1.807, 2.05) is 12.1 Å². The summed E-state index contributed by atoms with van der Waals surface area (Å²) >= 11 is 0. The van der Waals surface area contributed by atoms with Gasteiger partial charge in [0.15, 0.2) is 11.3 Å². The fraction of sp³-hybridized carbons (Fsp3) is 0.350. The number of halogens is 1. The Morgan fingerprint density at radius 1 is 1.32 bits per heavy atom. The normalized spacial score (nSPS) is 15.4. The fourth-order valence-electron chi connectivity index (χ4n) is 3.50. The lowest BCUT2D eigenvalue weighted by Gasteiger charge is -2.30. The fourth-order valence-corrected chi connectivity index (χ4v) is 3.50. The van der Waals surface area contributed by atoms with Gasteiger partial charge in [0.1, 0.15) is 0 Å². The van der Waals surface area contributed by atoms with Gasteiger partial charge in [-0.05, 0) is 30.5 Å². The third-order valence-corrected chi connectivity index (χ3v) is 4.96. The highest BCUT2D eigenvalue weighted by molar-refractivity contribution is 5.93. The van der Waals surface area contributed by atoms with Crippen LogP contribution in [0.3, 0.4) is 0 Å². The van der Waals surface area contributed by atoms with E-state index in [4.69, 9.17) is 0 Å². The number of carbonyl (C=O) groups is 1. The van der Waals surface area contributed by atoms with Gasteiger partial charge in [-0.1, -0.05) is 24.3 Å². The molecule has 3 heterocycles. The third kappa shape index (κ3) is 3.74. The zero-order valence-electron chi connectivity index (χ0n) is 15.6. The quantitative estimate of drug-likeness (QED) is 0.695. The molecule has 1 amide bonds. The van der Waals surface area contributed by atoms with E-state index in [1.165, 1.54) is 15.6 Å². The predicted octanol–water partition coefficient (Wildman–Crippen LogP) is 1.33. The van der Waals surface area contributed by atoms with Crippen LogP contribution in [0.25, 0.3) is 5.65 Å². The average Bonchev–Trinajstić information content (AvgIpc) is 3.02. The van der Waals surface area contributed by atoms with E-state index >= 15 is 0 Å². The Morgan fingerprint density at radius 2 is 2.11 bits per heavy atom. The topological polar surface area (TPSA) is 82.8 Å². The Labute approximate surface area is 161 Å². The van der Waals surface area contributed by atoms with Crippen LogP contribution in [0, 0.1) is 12.7 Å². The van der Waals surface area contributed by atoms with E-state index in [9.17, 15) is 14.3 Å². The van der Waals surface area contributed by atoms with Crippen molar-refractivity contribution in [2.24, 2.45) is 0 Å². The van der Waals surface area contributed by atoms with Gasteiger partial charge in [0, 0.05) is 38.1 Å². The van der Waals surface area contributed by atoms with Crippen molar-refractivity contribution in [2.75, 3.05) is 19.6 Å². The Bertz CT molecular complexity index is 1020. The maximum absolute atomic E-state index is 14.4. The van der Waals surface area contributed by atoms with Crippen LogP contribution in [0.2, 0.25) is 0 Å². The SMILES string of the molecule is Cc1ccn2nc(C(=O)NC[C@H](O)CN3CCc4ccccc4C3)c(F)c2n1. The van der Waals surface area contributed by atoms with E-state index in [0.29, 0.717) is 12.2 Å². The number of rotatable bonds is 5. The van der Waals surface area contributed by atoms with Gasteiger partial charge in [-0.25, -0.2) is 13.9 Å². The molecule has 7 nitrogen and oxygen atoms in total. The number of aromatic nitrogens is 3. The molecule has 1 aliphatic heterocycles. The van der Waals surface area contributed by atoms with E-state index in [-0.39, 0.29) is 17.9 Å². The van der Waals surface area contributed by atoms with Crippen LogP contribution >= 0.6 is 0 Å². The lowest BCUT2D eigenvalue weighted by molar-refractivity contribution is 0.0834. The van der Waals surface area contributed by atoms with E-state index in [0.717, 1.165) is 19.5 Å². The standard InChI is InChI=1S/C20H22FN5O2/c1-13-6-9-26-19(23-13)17(21)18(24-26)20(28)22-10-16(27)12-25-8-7-14-4-2-3-5-15(14)11-25/h2-6,9,16,27H,7-8,10-12H2,1H3,(H,22,28)/t16-/m0/s1. The minimum absolute atomic E-state index is 0.0117. The molecule has 8 heteroatoms. The number of fused-ring (bicyclic) bond motifs is 2. The lowest BCUT2D eigenvalue weighted by atomic mass is 10.00. The molecular formula is C20H22FN5O2. The van der Waals surface area contributed by atoms with Gasteiger partial charge in [0.2, 0.25) is 5.82 Å². The molecule has 146 valence electrons. The molecule has 0 saturated heterocycles. The molecule has 2 N–H and O–H groups in total. The molecule has 0 aliphatic carbocycles. The molecule has 0 fully saturated rings. The van der Waals surface area contributed by atoms with Crippen molar-refractivity contribution in [1.82, 2.24) is 24.8 Å². The highest BCUT2D eigenvalue weighted by Gasteiger charge is 2.22. The summed E-state index contributed by atoms with van der Waals surface area (Å²) in [4.78, 5) is 18.5. The smallest absolute Gasteiger partial charge is 0.275 e. The predicted molar refractivity (Wildman–Crippen MR) is 101 cm³/mol. The Balaban J connectivity index is 1.34. The maximum Gasteiger partial charge on any atom is 0.275 e. The summed E-state index contributed by atoms with van der Waals surface area (Å²) in [7, 11) is 0. The van der Waals surface area contributed by atoms with Gasteiger partial charge < -0.3 is 10.4 Å². The van der Waals surface area contributed by atoms with Gasteiger partial charge >= 0.3 is 0 Å². The van der Waals surface area contributed by atoms with Crippen molar-refractivity contribution in [2.45, 2.75) is 26.0 Å². The first-order valence-corrected chi connectivity index (χ1v) is 9.28. The summed E-state index contributed by atoms with van der Waals surface area (Å²) in [5, 5.41) is 16.8. The number of amides is 1. The molecule has 4 rings (SSSR count). The summed E-state index contributed by atoms with van der Waals surface area (Å²) < 4.78 is 15.7. The highest BCUT2D eigenvalue weighted by atomic mass is 19.1. The number of aryl methyl sites for hydroxylation is 1. The van der Waals surface area contributed by atoms with Gasteiger partial charge in [0.05, 0.1) is 6.10 Å². The summed E-state index contributed by atoms with van der Waals surface area (Å²) in [5.74, 6) is -1.42. The first-order chi connectivity index (χ1) is 13.5. The number of carbonyl (C=O) groups excluding carboxylic acids is 1. The van der Waals surface area contributed by atoms with Crippen LogP contribution in [-0.2, 0) is 13.0 Å². The number of benzene rings is 1. The maximum atomic E-state index is 14.4. The van der Waals surface area contributed by atoms with Crippen LogP contribution < -0.4 is 5.32 Å². The lowest BCUT2D eigenvalue weighted by Crippen LogP contribution is -2.42. The van der Waals surface area contributed by atoms with Gasteiger partial charge in [-0.3, -0.25) is 9.69 Å². The number of hydrogen-bond donors (Lipinski definition) is 2. The van der Waals surface area contributed by atoms with Crippen molar-refractivity contribution in [3.63, 3.8) is 0 Å². The monoisotopic (exact) mass is 383 g/mol. The van der Waals surface area contributed by atoms with Crippen molar-refractivity contribution in [3.8, 4) is 0 Å². The summed E-state index contributed by atoms with van der Waals surface area (Å²) in [6.45, 7) is 3.82. The largest absolute Gasteiger partial charge is 0.390 e. The Morgan fingerprint density at radius 3 is 2.93 bits per heavy atom. The minimum atomic E-state index is -0.761. The molecular weight excluding hydrogens is 361 g/mol. The van der Waals surface area contributed by atoms with Crippen LogP contribution in [0.15, 0.2) is 36.5 Å². The Hall–Kier alpha value is -2.84. The molecule has 28 heavy (non-hydrogen) atoms. The van der Waals surface area contributed by atoms with Crippen LogP contribution in [-0.4, -0.2) is 56.2 Å². The van der Waals surface area contributed by atoms with Crippen LogP contribution in [0.5, 0.6) is 0 Å². The number of β-amino-alcohol motifs (C(OH)–C–C–N with tert-alkyl or cyclic N) is 1. The number of hydrogen-bond acceptors (Lipinski definition) is 5. The molecule has 1 aliphatic rings. The molecule has 1 aromatic carbocycles. The molecule has 0 saturated carbocycles. The molecule has 3 aromatic rings. The number of nitrogens with one attached hydrogen (secondary N) is 1. The van der Waals surface area contributed by atoms with Crippen molar-refractivity contribution >= 4 is 11.6 Å². The summed E-state index contributed by atoms with van der Waals surface area (Å²) in [6.07, 6.45) is 1.74. The Kier molecular flexibility index (Phi) is 5.06. The van der Waals surface area contributed by atoms with Crippen molar-refractivity contribution in [1.29, 1.82) is 0 Å². The summed E-state index contributed by atoms with van der Waals surface area (Å²) in [5.41, 5.74) is 2.93. The molecule has 0 unspecified atom stereocenters. The second kappa shape index (κ2) is 7.65. The van der Waals surface area contributed by atoms with Gasteiger partial charge in [-0.2, -0.15) is 5.10 Å². The van der Waals surface area contributed by atoms with E-state index in [1.54, 1.807) is 19.2 Å².